The second-order valence-electron chi connectivity index (χ2n) is 5.86. The molecule has 0 aliphatic heterocycles. The number of hydrogen-bond donors (Lipinski definition) is 2. The largest absolute Gasteiger partial charge is 0.357 e. The van der Waals surface area contributed by atoms with Gasteiger partial charge in [-0.05, 0) is 38.9 Å². The van der Waals surface area contributed by atoms with Crippen molar-refractivity contribution in [1.29, 1.82) is 0 Å². The van der Waals surface area contributed by atoms with Crippen molar-refractivity contribution in [3.8, 4) is 0 Å². The van der Waals surface area contributed by atoms with E-state index in [0.717, 1.165) is 37.3 Å². The fourth-order valence-corrected chi connectivity index (χ4v) is 2.87. The third-order valence-corrected chi connectivity index (χ3v) is 4.17. The van der Waals surface area contributed by atoms with Crippen LogP contribution in [-0.2, 0) is 6.54 Å². The summed E-state index contributed by atoms with van der Waals surface area (Å²) in [6.45, 7) is 5.53. The van der Waals surface area contributed by atoms with Crippen molar-refractivity contribution >= 4 is 29.9 Å². The Kier molecular flexibility index (Phi) is 10.2. The van der Waals surface area contributed by atoms with Crippen LogP contribution in [0.1, 0.15) is 38.3 Å². The van der Waals surface area contributed by atoms with E-state index >= 15 is 0 Å². The molecule has 1 aliphatic carbocycles. The number of likely N-dealkylation sites (N-methyl/N-ethyl adjacent to an activating group) is 1. The molecule has 2 N–H and O–H groups in total. The third kappa shape index (κ3) is 7.48. The summed E-state index contributed by atoms with van der Waals surface area (Å²) in [4.78, 5) is 11.4. The van der Waals surface area contributed by atoms with Crippen molar-refractivity contribution in [3.05, 3.63) is 30.1 Å². The molecule has 5 nitrogen and oxygen atoms in total. The van der Waals surface area contributed by atoms with Crippen LogP contribution in [0.5, 0.6) is 0 Å². The molecular weight excluding hydrogens is 401 g/mol. The Morgan fingerprint density at radius 1 is 1.30 bits per heavy atom. The van der Waals surface area contributed by atoms with Crippen molar-refractivity contribution in [2.75, 3.05) is 26.7 Å². The van der Waals surface area contributed by atoms with E-state index in [4.69, 9.17) is 0 Å². The van der Waals surface area contributed by atoms with Crippen LogP contribution in [0.25, 0.3) is 0 Å². The van der Waals surface area contributed by atoms with Crippen LogP contribution in [0.4, 0.5) is 0 Å². The molecule has 1 fully saturated rings. The smallest absolute Gasteiger partial charge is 0.191 e. The maximum atomic E-state index is 4.59. The minimum atomic E-state index is 0. The van der Waals surface area contributed by atoms with Gasteiger partial charge in [0.2, 0.25) is 0 Å². The Morgan fingerprint density at radius 3 is 2.74 bits per heavy atom. The van der Waals surface area contributed by atoms with Gasteiger partial charge in [0.05, 0.1) is 12.2 Å². The van der Waals surface area contributed by atoms with Gasteiger partial charge in [0.25, 0.3) is 0 Å². The predicted molar refractivity (Wildman–Crippen MR) is 107 cm³/mol. The summed E-state index contributed by atoms with van der Waals surface area (Å²) in [5, 5.41) is 6.70. The Hall–Kier alpha value is -0.890. The van der Waals surface area contributed by atoms with E-state index in [-0.39, 0.29) is 24.0 Å². The second kappa shape index (κ2) is 11.6. The number of halogens is 1. The molecule has 0 bridgehead atoms. The average Bonchev–Trinajstić information content (AvgIpc) is 3.08. The van der Waals surface area contributed by atoms with Gasteiger partial charge in [-0.25, -0.2) is 4.99 Å². The zero-order chi connectivity index (χ0) is 15.6. The topological polar surface area (TPSA) is 52.6 Å². The van der Waals surface area contributed by atoms with Crippen LogP contribution < -0.4 is 10.6 Å². The van der Waals surface area contributed by atoms with E-state index in [9.17, 15) is 0 Å². The summed E-state index contributed by atoms with van der Waals surface area (Å²) in [6.07, 6.45) is 7.28. The molecule has 0 radical (unpaired) electrons. The van der Waals surface area contributed by atoms with Crippen molar-refractivity contribution in [2.45, 2.75) is 45.2 Å². The average molecular weight is 431 g/mol. The molecule has 6 heteroatoms. The standard InChI is InChI=1S/C17H29N5.HI/c1-3-18-17(21-14-15-8-6-7-11-19-15)20-12-13-22(2)16-9-4-5-10-16;/h6-8,11,16H,3-5,9-10,12-14H2,1-2H3,(H2,18,20,21);1H. The molecule has 1 saturated carbocycles. The quantitative estimate of drug-likeness (QED) is 0.396. The van der Waals surface area contributed by atoms with Crippen LogP contribution in [0.15, 0.2) is 29.4 Å². The lowest BCUT2D eigenvalue weighted by atomic mass is 10.2. The molecule has 0 atom stereocenters. The van der Waals surface area contributed by atoms with Crippen molar-refractivity contribution in [3.63, 3.8) is 0 Å². The summed E-state index contributed by atoms with van der Waals surface area (Å²) in [7, 11) is 2.23. The molecule has 1 heterocycles. The molecular formula is C17H30IN5. The Bertz CT molecular complexity index is 446. The number of nitrogens with one attached hydrogen (secondary N) is 2. The monoisotopic (exact) mass is 431 g/mol. The van der Waals surface area contributed by atoms with E-state index < -0.39 is 0 Å². The van der Waals surface area contributed by atoms with Crippen LogP contribution in [0.2, 0.25) is 0 Å². The van der Waals surface area contributed by atoms with E-state index in [1.54, 1.807) is 0 Å². The normalized spacial score (nSPS) is 15.5. The zero-order valence-electron chi connectivity index (χ0n) is 14.3. The number of pyridine rings is 1. The first kappa shape index (κ1) is 20.2. The fraction of sp³-hybridized carbons (Fsp3) is 0.647. The highest BCUT2D eigenvalue weighted by Crippen LogP contribution is 2.21. The summed E-state index contributed by atoms with van der Waals surface area (Å²) >= 11 is 0. The van der Waals surface area contributed by atoms with E-state index in [2.05, 4.69) is 39.5 Å². The molecule has 0 saturated heterocycles. The van der Waals surface area contributed by atoms with Crippen LogP contribution in [0, 0.1) is 0 Å². The van der Waals surface area contributed by atoms with Crippen molar-refractivity contribution < 1.29 is 0 Å². The van der Waals surface area contributed by atoms with Gasteiger partial charge in [0.15, 0.2) is 5.96 Å². The number of hydrogen-bond acceptors (Lipinski definition) is 3. The Balaban J connectivity index is 0.00000264. The molecule has 1 aromatic rings. The number of rotatable bonds is 7. The van der Waals surface area contributed by atoms with Crippen LogP contribution in [-0.4, -0.2) is 48.6 Å². The summed E-state index contributed by atoms with van der Waals surface area (Å²) in [6, 6.07) is 6.69. The Labute approximate surface area is 157 Å². The van der Waals surface area contributed by atoms with Gasteiger partial charge in [-0.2, -0.15) is 0 Å². The number of guanidine groups is 1. The van der Waals surface area contributed by atoms with Gasteiger partial charge >= 0.3 is 0 Å². The molecule has 1 aliphatic rings. The molecule has 0 aromatic carbocycles. The molecule has 0 spiro atoms. The zero-order valence-corrected chi connectivity index (χ0v) is 16.6. The first-order valence-corrected chi connectivity index (χ1v) is 8.42. The van der Waals surface area contributed by atoms with Crippen molar-refractivity contribution in [1.82, 2.24) is 20.5 Å². The highest BCUT2D eigenvalue weighted by Gasteiger charge is 2.18. The molecule has 130 valence electrons. The number of aliphatic imine (C=N–C) groups is 1. The summed E-state index contributed by atoms with van der Waals surface area (Å²) in [5.74, 6) is 0.868. The van der Waals surface area contributed by atoms with Gasteiger partial charge in [0, 0.05) is 31.9 Å². The van der Waals surface area contributed by atoms with E-state index in [1.165, 1.54) is 25.7 Å². The number of nitrogens with zero attached hydrogens (tertiary/aromatic N) is 3. The van der Waals surface area contributed by atoms with E-state index in [1.807, 2.05) is 24.4 Å². The third-order valence-electron chi connectivity index (χ3n) is 4.17. The Morgan fingerprint density at radius 2 is 2.09 bits per heavy atom. The van der Waals surface area contributed by atoms with Gasteiger partial charge < -0.3 is 15.5 Å². The molecule has 1 aromatic heterocycles. The van der Waals surface area contributed by atoms with Gasteiger partial charge in [0.1, 0.15) is 0 Å². The summed E-state index contributed by atoms with van der Waals surface area (Å²) < 4.78 is 0. The van der Waals surface area contributed by atoms with E-state index in [0.29, 0.717) is 6.54 Å². The van der Waals surface area contributed by atoms with Crippen molar-refractivity contribution in [2.24, 2.45) is 4.99 Å². The first-order chi connectivity index (χ1) is 10.8. The fourth-order valence-electron chi connectivity index (χ4n) is 2.87. The minimum absolute atomic E-state index is 0. The SMILES string of the molecule is CCNC(=NCc1ccccn1)NCCN(C)C1CCCC1.I. The highest BCUT2D eigenvalue weighted by molar-refractivity contribution is 14.0. The minimum Gasteiger partial charge on any atom is -0.357 e. The molecule has 0 amide bonds. The molecule has 0 unspecified atom stereocenters. The van der Waals surface area contributed by atoms with Gasteiger partial charge in [-0.1, -0.05) is 18.9 Å². The van der Waals surface area contributed by atoms with Gasteiger partial charge in [-0.15, -0.1) is 24.0 Å². The lowest BCUT2D eigenvalue weighted by Crippen LogP contribution is -2.42. The number of aromatic nitrogens is 1. The summed E-state index contributed by atoms with van der Waals surface area (Å²) in [5.41, 5.74) is 0.989. The second-order valence-corrected chi connectivity index (χ2v) is 5.86. The van der Waals surface area contributed by atoms with Crippen LogP contribution in [0.3, 0.4) is 0 Å². The molecule has 2 rings (SSSR count). The predicted octanol–water partition coefficient (Wildman–Crippen LogP) is 2.63. The first-order valence-electron chi connectivity index (χ1n) is 8.42. The van der Waals surface area contributed by atoms with Crippen LogP contribution >= 0.6 is 24.0 Å². The highest BCUT2D eigenvalue weighted by atomic mass is 127. The lowest BCUT2D eigenvalue weighted by Gasteiger charge is -2.24. The molecule has 23 heavy (non-hydrogen) atoms. The lowest BCUT2D eigenvalue weighted by molar-refractivity contribution is 0.249. The van der Waals surface area contributed by atoms with Gasteiger partial charge in [-0.3, -0.25) is 4.98 Å². The maximum absolute atomic E-state index is 4.59. The maximum Gasteiger partial charge on any atom is 0.191 e.